The number of fused-ring (bicyclic) bond motifs is 1. The number of ether oxygens (including phenoxy) is 1. The summed E-state index contributed by atoms with van der Waals surface area (Å²) in [5.41, 5.74) is 0.988. The van der Waals surface area contributed by atoms with E-state index in [2.05, 4.69) is 10.6 Å². The van der Waals surface area contributed by atoms with E-state index in [1.807, 2.05) is 0 Å². The van der Waals surface area contributed by atoms with Crippen LogP contribution >= 0.6 is 0 Å². The fourth-order valence-corrected chi connectivity index (χ4v) is 2.62. The highest BCUT2D eigenvalue weighted by Crippen LogP contribution is 2.23. The number of nitrogens with zero attached hydrogens (tertiary/aromatic N) is 1. The predicted octanol–water partition coefficient (Wildman–Crippen LogP) is 0.413. The summed E-state index contributed by atoms with van der Waals surface area (Å²) in [4.78, 5) is 49.4. The molecule has 0 aromatic heterocycles. The summed E-state index contributed by atoms with van der Waals surface area (Å²) in [7, 11) is 0. The number of rotatable bonds is 4. The van der Waals surface area contributed by atoms with Gasteiger partial charge in [0.1, 0.15) is 0 Å². The van der Waals surface area contributed by atoms with Crippen LogP contribution in [0.4, 0.5) is 4.79 Å². The Balaban J connectivity index is 1.91. The number of esters is 1. The van der Waals surface area contributed by atoms with Crippen LogP contribution in [0.25, 0.3) is 0 Å². The van der Waals surface area contributed by atoms with Crippen LogP contribution in [-0.2, 0) is 9.53 Å². The molecule has 8 heteroatoms. The van der Waals surface area contributed by atoms with Gasteiger partial charge in [0.25, 0.3) is 11.8 Å². The lowest BCUT2D eigenvalue weighted by Crippen LogP contribution is -2.47. The van der Waals surface area contributed by atoms with Crippen molar-refractivity contribution in [3.8, 4) is 0 Å². The minimum absolute atomic E-state index is 0.0246. The van der Waals surface area contributed by atoms with Gasteiger partial charge in [0.2, 0.25) is 0 Å². The van der Waals surface area contributed by atoms with Crippen LogP contribution in [0.1, 0.15) is 27.6 Å². The van der Waals surface area contributed by atoms with Gasteiger partial charge in [-0.05, 0) is 19.1 Å². The molecular formula is C16H15N3O5. The molecule has 4 amide bonds. The smallest absolute Gasteiger partial charge is 0.337 e. The van der Waals surface area contributed by atoms with Crippen molar-refractivity contribution in [2.75, 3.05) is 19.7 Å². The maximum atomic E-state index is 12.4. The second-order valence-electron chi connectivity index (χ2n) is 5.23. The Kier molecular flexibility index (Phi) is 4.03. The van der Waals surface area contributed by atoms with E-state index in [1.54, 1.807) is 31.2 Å². The molecule has 2 N–H and O–H groups in total. The van der Waals surface area contributed by atoms with Gasteiger partial charge in [-0.3, -0.25) is 14.5 Å². The third-order valence-corrected chi connectivity index (χ3v) is 3.77. The van der Waals surface area contributed by atoms with Crippen LogP contribution in [0, 0.1) is 0 Å². The van der Waals surface area contributed by atoms with Crippen molar-refractivity contribution in [3.63, 3.8) is 0 Å². The molecule has 2 aliphatic rings. The normalized spacial score (nSPS) is 16.7. The first kappa shape index (κ1) is 15.7. The molecule has 124 valence electrons. The third kappa shape index (κ3) is 2.62. The van der Waals surface area contributed by atoms with Gasteiger partial charge in [-0.15, -0.1) is 0 Å². The van der Waals surface area contributed by atoms with Gasteiger partial charge in [-0.2, -0.15) is 0 Å². The highest BCUT2D eigenvalue weighted by molar-refractivity contribution is 6.21. The highest BCUT2D eigenvalue weighted by Gasteiger charge is 2.37. The average Bonchev–Trinajstić information content (AvgIpc) is 2.81. The van der Waals surface area contributed by atoms with Crippen molar-refractivity contribution in [1.29, 1.82) is 0 Å². The molecule has 3 rings (SSSR count). The Labute approximate surface area is 137 Å². The van der Waals surface area contributed by atoms with E-state index in [9.17, 15) is 19.2 Å². The molecule has 2 aliphatic heterocycles. The zero-order chi connectivity index (χ0) is 17.3. The van der Waals surface area contributed by atoms with Gasteiger partial charge in [0, 0.05) is 0 Å². The van der Waals surface area contributed by atoms with Gasteiger partial charge < -0.3 is 15.4 Å². The molecule has 1 aromatic rings. The number of urea groups is 1. The molecule has 0 unspecified atom stereocenters. The monoisotopic (exact) mass is 329 g/mol. The van der Waals surface area contributed by atoms with Crippen molar-refractivity contribution in [1.82, 2.24) is 15.5 Å². The summed E-state index contributed by atoms with van der Waals surface area (Å²) < 4.78 is 4.95. The Morgan fingerprint density at radius 2 is 1.79 bits per heavy atom. The molecule has 24 heavy (non-hydrogen) atoms. The van der Waals surface area contributed by atoms with Gasteiger partial charge in [-0.1, -0.05) is 12.1 Å². The number of carbonyl (C=O) groups is 4. The van der Waals surface area contributed by atoms with E-state index in [1.165, 1.54) is 0 Å². The number of benzene rings is 1. The van der Waals surface area contributed by atoms with Crippen LogP contribution in [0.15, 0.2) is 35.5 Å². The molecule has 1 aromatic carbocycles. The lowest BCUT2D eigenvalue weighted by molar-refractivity contribution is -0.138. The quantitative estimate of drug-likeness (QED) is 0.615. The predicted molar refractivity (Wildman–Crippen MR) is 82.0 cm³/mol. The summed E-state index contributed by atoms with van der Waals surface area (Å²) in [6.45, 7) is 1.62. The van der Waals surface area contributed by atoms with Gasteiger partial charge in [0.15, 0.2) is 0 Å². The second kappa shape index (κ2) is 6.15. The topological polar surface area (TPSA) is 105 Å². The zero-order valence-electron chi connectivity index (χ0n) is 12.9. The number of imide groups is 1. The van der Waals surface area contributed by atoms with Crippen molar-refractivity contribution in [2.45, 2.75) is 6.92 Å². The van der Waals surface area contributed by atoms with E-state index in [0.717, 1.165) is 4.90 Å². The molecule has 8 nitrogen and oxygen atoms in total. The van der Waals surface area contributed by atoms with Crippen LogP contribution in [0.3, 0.4) is 0 Å². The van der Waals surface area contributed by atoms with Gasteiger partial charge in [0.05, 0.1) is 42.1 Å². The Morgan fingerprint density at radius 1 is 1.17 bits per heavy atom. The maximum Gasteiger partial charge on any atom is 0.337 e. The van der Waals surface area contributed by atoms with Crippen LogP contribution in [0.5, 0.6) is 0 Å². The van der Waals surface area contributed by atoms with E-state index in [4.69, 9.17) is 4.74 Å². The summed E-state index contributed by atoms with van der Waals surface area (Å²) in [6, 6.07) is 5.97. The Hall–Kier alpha value is -3.16. The first-order chi connectivity index (χ1) is 11.5. The molecule has 0 aliphatic carbocycles. The molecule has 0 saturated heterocycles. The van der Waals surface area contributed by atoms with E-state index < -0.39 is 23.8 Å². The highest BCUT2D eigenvalue weighted by atomic mass is 16.5. The van der Waals surface area contributed by atoms with E-state index in [-0.39, 0.29) is 31.0 Å². The molecule has 0 bridgehead atoms. The van der Waals surface area contributed by atoms with Crippen molar-refractivity contribution in [3.05, 3.63) is 46.7 Å². The number of nitrogens with one attached hydrogen (secondary N) is 2. The lowest BCUT2D eigenvalue weighted by atomic mass is 10.1. The summed E-state index contributed by atoms with van der Waals surface area (Å²) in [6.07, 6.45) is 0. The standard InChI is InChI=1S/C16H15N3O5/c1-2-24-15(22)11-7-17-16(23)18-12(11)8-19-13(20)9-5-3-4-6-10(9)14(19)21/h3-6H,2,7-8H2,1H3,(H2,17,18,23). The molecule has 0 atom stereocenters. The first-order valence-electron chi connectivity index (χ1n) is 7.42. The number of hydrogen-bond acceptors (Lipinski definition) is 5. The largest absolute Gasteiger partial charge is 0.463 e. The fraction of sp³-hybridized carbons (Fsp3) is 0.250. The Bertz CT molecular complexity index is 749. The van der Waals surface area contributed by atoms with Crippen molar-refractivity contribution < 1.29 is 23.9 Å². The molecule has 2 heterocycles. The minimum Gasteiger partial charge on any atom is -0.463 e. The minimum atomic E-state index is -0.600. The summed E-state index contributed by atoms with van der Waals surface area (Å²) in [5.74, 6) is -1.52. The van der Waals surface area contributed by atoms with Crippen LogP contribution < -0.4 is 10.6 Å². The first-order valence-corrected chi connectivity index (χ1v) is 7.42. The molecule has 0 saturated carbocycles. The molecular weight excluding hydrogens is 314 g/mol. The zero-order valence-corrected chi connectivity index (χ0v) is 12.9. The van der Waals surface area contributed by atoms with Gasteiger partial charge >= 0.3 is 12.0 Å². The number of hydrogen-bond donors (Lipinski definition) is 2. The van der Waals surface area contributed by atoms with Crippen LogP contribution in [0.2, 0.25) is 0 Å². The number of amides is 4. The van der Waals surface area contributed by atoms with E-state index >= 15 is 0 Å². The number of carbonyl (C=O) groups excluding carboxylic acids is 4. The van der Waals surface area contributed by atoms with E-state index in [0.29, 0.717) is 11.1 Å². The van der Waals surface area contributed by atoms with Gasteiger partial charge in [-0.25, -0.2) is 9.59 Å². The van der Waals surface area contributed by atoms with Crippen molar-refractivity contribution >= 4 is 23.8 Å². The van der Waals surface area contributed by atoms with Crippen LogP contribution in [-0.4, -0.2) is 48.4 Å². The SMILES string of the molecule is CCOC(=O)C1=C(CN2C(=O)c3ccccc3C2=O)NC(=O)NC1. The Morgan fingerprint density at radius 3 is 2.38 bits per heavy atom. The maximum absolute atomic E-state index is 12.4. The molecule has 0 spiro atoms. The second-order valence-corrected chi connectivity index (χ2v) is 5.23. The fourth-order valence-electron chi connectivity index (χ4n) is 2.62. The lowest BCUT2D eigenvalue weighted by Gasteiger charge is -2.24. The third-order valence-electron chi connectivity index (χ3n) is 3.77. The molecule has 0 radical (unpaired) electrons. The van der Waals surface area contributed by atoms with Crippen molar-refractivity contribution in [2.24, 2.45) is 0 Å². The summed E-state index contributed by atoms with van der Waals surface area (Å²) >= 11 is 0. The summed E-state index contributed by atoms with van der Waals surface area (Å²) in [5, 5.41) is 4.95. The average molecular weight is 329 g/mol. The molecule has 0 fully saturated rings.